The van der Waals surface area contributed by atoms with Crippen LogP contribution in [0.5, 0.6) is 0 Å². The fourth-order valence-corrected chi connectivity index (χ4v) is 4.59. The molecule has 0 N–H and O–H groups in total. The van der Waals surface area contributed by atoms with E-state index in [-0.39, 0.29) is 0 Å². The van der Waals surface area contributed by atoms with E-state index in [1.54, 1.807) is 14.2 Å². The summed E-state index contributed by atoms with van der Waals surface area (Å²) in [5.74, 6) is 0.823. The first-order valence-electron chi connectivity index (χ1n) is 6.21. The van der Waals surface area contributed by atoms with E-state index in [2.05, 4.69) is 32.3 Å². The van der Waals surface area contributed by atoms with Gasteiger partial charge < -0.3 is 8.85 Å². The van der Waals surface area contributed by atoms with Crippen LogP contribution in [0, 0.1) is 11.3 Å². The molecule has 3 nitrogen and oxygen atoms in total. The smallest absolute Gasteiger partial charge is 0.388 e. The van der Waals surface area contributed by atoms with Crippen molar-refractivity contribution in [3.63, 3.8) is 0 Å². The molecule has 0 aromatic heterocycles. The molecule has 16 heavy (non-hydrogen) atoms. The van der Waals surface area contributed by atoms with Crippen molar-refractivity contribution in [2.24, 2.45) is 11.3 Å². The summed E-state index contributed by atoms with van der Waals surface area (Å²) in [6.07, 6.45) is 2.53. The summed E-state index contributed by atoms with van der Waals surface area (Å²) in [6.45, 7) is 10.4. The number of piperidine rings is 1. The monoisotopic (exact) mass is 245 g/mol. The lowest BCUT2D eigenvalue weighted by Gasteiger charge is -2.47. The Hall–Kier alpha value is 0.0969. The topological polar surface area (TPSA) is 21.7 Å². The van der Waals surface area contributed by atoms with Gasteiger partial charge in [0.25, 0.3) is 0 Å². The number of nitrogens with zero attached hydrogens (tertiary/aromatic N) is 1. The zero-order chi connectivity index (χ0) is 12.3. The highest BCUT2D eigenvalue weighted by molar-refractivity contribution is 6.41. The summed E-state index contributed by atoms with van der Waals surface area (Å²) in [6, 6.07) is 0.591. The standard InChI is InChI=1S/C12H27NO2Si/c1-10-7-8-13(16(14-5)15-6)11(9-10)12(2,3)4/h10-11,16H,7-9H2,1-6H3. The Labute approximate surface area is 102 Å². The van der Waals surface area contributed by atoms with Gasteiger partial charge in [0.15, 0.2) is 0 Å². The molecule has 0 aromatic carbocycles. The Kier molecular flexibility index (Phi) is 4.98. The van der Waals surface area contributed by atoms with Gasteiger partial charge in [0.2, 0.25) is 0 Å². The molecule has 0 bridgehead atoms. The molecule has 2 unspecified atom stereocenters. The van der Waals surface area contributed by atoms with Crippen molar-refractivity contribution in [1.82, 2.24) is 4.57 Å². The van der Waals surface area contributed by atoms with Gasteiger partial charge in [-0.2, -0.15) is 0 Å². The third kappa shape index (κ3) is 3.29. The lowest BCUT2D eigenvalue weighted by Crippen LogP contribution is -2.57. The molecule has 1 saturated heterocycles. The second kappa shape index (κ2) is 5.62. The van der Waals surface area contributed by atoms with Crippen LogP contribution < -0.4 is 0 Å². The van der Waals surface area contributed by atoms with Gasteiger partial charge in [-0.05, 0) is 30.7 Å². The Balaban J connectivity index is 2.79. The van der Waals surface area contributed by atoms with Crippen molar-refractivity contribution in [1.29, 1.82) is 0 Å². The predicted octanol–water partition coefficient (Wildman–Crippen LogP) is 2.14. The number of hydrogen-bond donors (Lipinski definition) is 0. The fraction of sp³-hybridized carbons (Fsp3) is 1.00. The van der Waals surface area contributed by atoms with Crippen LogP contribution in [0.3, 0.4) is 0 Å². The minimum absolute atomic E-state index is 0.303. The van der Waals surface area contributed by atoms with Crippen LogP contribution >= 0.6 is 0 Å². The van der Waals surface area contributed by atoms with Crippen molar-refractivity contribution in [3.05, 3.63) is 0 Å². The molecule has 1 heterocycles. The maximum atomic E-state index is 5.54. The van der Waals surface area contributed by atoms with Crippen LogP contribution in [0.4, 0.5) is 0 Å². The van der Waals surface area contributed by atoms with Crippen molar-refractivity contribution >= 4 is 9.45 Å². The van der Waals surface area contributed by atoms with Crippen LogP contribution in [0.1, 0.15) is 40.5 Å². The first-order chi connectivity index (χ1) is 7.40. The van der Waals surface area contributed by atoms with E-state index in [4.69, 9.17) is 8.85 Å². The fourth-order valence-electron chi connectivity index (χ4n) is 2.63. The molecule has 1 aliphatic heterocycles. The van der Waals surface area contributed by atoms with Crippen LogP contribution in [-0.2, 0) is 8.85 Å². The summed E-state index contributed by atoms with van der Waals surface area (Å²) in [5.41, 5.74) is 0.303. The third-order valence-corrected chi connectivity index (χ3v) is 5.55. The van der Waals surface area contributed by atoms with Crippen LogP contribution in [0.2, 0.25) is 0 Å². The lowest BCUT2D eigenvalue weighted by atomic mass is 9.79. The third-order valence-electron chi connectivity index (χ3n) is 3.58. The lowest BCUT2D eigenvalue weighted by molar-refractivity contribution is 0.0623. The van der Waals surface area contributed by atoms with Gasteiger partial charge in [-0.25, -0.2) is 0 Å². The van der Waals surface area contributed by atoms with Gasteiger partial charge in [0.1, 0.15) is 0 Å². The molecule has 0 aromatic rings. The highest BCUT2D eigenvalue weighted by atomic mass is 28.3. The summed E-state index contributed by atoms with van der Waals surface area (Å²) in [4.78, 5) is 0. The SMILES string of the molecule is CO[SiH](OC)N1CCC(C)CC1C(C)(C)C. The van der Waals surface area contributed by atoms with E-state index in [9.17, 15) is 0 Å². The minimum atomic E-state index is -1.63. The molecule has 4 heteroatoms. The molecule has 1 rings (SSSR count). The average Bonchev–Trinajstić information content (AvgIpc) is 2.20. The molecule has 0 radical (unpaired) electrons. The molecule has 0 saturated carbocycles. The highest BCUT2D eigenvalue weighted by Crippen LogP contribution is 2.34. The van der Waals surface area contributed by atoms with Crippen LogP contribution in [-0.4, -0.2) is 40.8 Å². The first kappa shape index (κ1) is 14.2. The van der Waals surface area contributed by atoms with Crippen LogP contribution in [0.15, 0.2) is 0 Å². The van der Waals surface area contributed by atoms with Gasteiger partial charge in [-0.15, -0.1) is 0 Å². The zero-order valence-corrected chi connectivity index (χ0v) is 12.8. The van der Waals surface area contributed by atoms with Crippen molar-refractivity contribution in [3.8, 4) is 0 Å². The van der Waals surface area contributed by atoms with E-state index in [1.807, 2.05) is 0 Å². The molecule has 0 spiro atoms. The molecule has 2 atom stereocenters. The molecule has 0 amide bonds. The first-order valence-corrected chi connectivity index (χ1v) is 7.67. The van der Waals surface area contributed by atoms with E-state index in [1.165, 1.54) is 12.8 Å². The Morgan fingerprint density at radius 3 is 2.19 bits per heavy atom. The van der Waals surface area contributed by atoms with Gasteiger partial charge >= 0.3 is 9.45 Å². The Morgan fingerprint density at radius 2 is 1.75 bits per heavy atom. The summed E-state index contributed by atoms with van der Waals surface area (Å²) < 4.78 is 13.6. The van der Waals surface area contributed by atoms with E-state index in [0.29, 0.717) is 11.5 Å². The van der Waals surface area contributed by atoms with Gasteiger partial charge in [0.05, 0.1) is 0 Å². The van der Waals surface area contributed by atoms with Crippen LogP contribution in [0.25, 0.3) is 0 Å². The van der Waals surface area contributed by atoms with Gasteiger partial charge in [-0.1, -0.05) is 27.7 Å². The van der Waals surface area contributed by atoms with E-state index in [0.717, 1.165) is 12.5 Å². The summed E-state index contributed by atoms with van der Waals surface area (Å²) >= 11 is 0. The molecular weight excluding hydrogens is 218 g/mol. The van der Waals surface area contributed by atoms with Crippen molar-refractivity contribution in [2.45, 2.75) is 46.6 Å². The van der Waals surface area contributed by atoms with Crippen molar-refractivity contribution in [2.75, 3.05) is 20.8 Å². The Bertz CT molecular complexity index is 214. The van der Waals surface area contributed by atoms with Gasteiger partial charge in [-0.3, -0.25) is 4.57 Å². The largest absolute Gasteiger partial charge is 0.410 e. The normalized spacial score (nSPS) is 28.7. The predicted molar refractivity (Wildman–Crippen MR) is 69.5 cm³/mol. The second-order valence-corrected chi connectivity index (χ2v) is 8.25. The number of hydrogen-bond acceptors (Lipinski definition) is 3. The average molecular weight is 245 g/mol. The molecule has 96 valence electrons. The molecule has 0 aliphatic carbocycles. The Morgan fingerprint density at radius 1 is 1.19 bits per heavy atom. The van der Waals surface area contributed by atoms with Crippen molar-refractivity contribution < 1.29 is 8.85 Å². The maximum Gasteiger partial charge on any atom is 0.410 e. The quantitative estimate of drug-likeness (QED) is 0.711. The van der Waals surface area contributed by atoms with Gasteiger partial charge in [0, 0.05) is 20.3 Å². The maximum absolute atomic E-state index is 5.54. The molecule has 1 aliphatic rings. The molecular formula is C12H27NO2Si. The minimum Gasteiger partial charge on any atom is -0.388 e. The molecule has 1 fully saturated rings. The second-order valence-electron chi connectivity index (χ2n) is 6.03. The zero-order valence-electron chi connectivity index (χ0n) is 11.6. The highest BCUT2D eigenvalue weighted by Gasteiger charge is 2.39. The summed E-state index contributed by atoms with van der Waals surface area (Å²) in [5, 5.41) is 0. The number of rotatable bonds is 3. The van der Waals surface area contributed by atoms with E-state index >= 15 is 0 Å². The summed E-state index contributed by atoms with van der Waals surface area (Å²) in [7, 11) is 1.93. The van der Waals surface area contributed by atoms with E-state index < -0.39 is 9.45 Å².